The molecule has 2 amide bonds. The van der Waals surface area contributed by atoms with Gasteiger partial charge in [0, 0.05) is 17.8 Å². The maximum atomic E-state index is 13.2. The third kappa shape index (κ3) is 2.29. The second kappa shape index (κ2) is 4.80. The molecule has 1 fully saturated rings. The third-order valence-electron chi connectivity index (χ3n) is 3.79. The zero-order valence-electron chi connectivity index (χ0n) is 11.8. The second-order valence-electron chi connectivity index (χ2n) is 5.56. The number of rotatable bonds is 1. The first-order valence-corrected chi connectivity index (χ1v) is 7.50. The maximum absolute atomic E-state index is 13.2. The molecule has 4 nitrogen and oxygen atoms in total. The number of benzene rings is 1. The first-order chi connectivity index (χ1) is 9.89. The van der Waals surface area contributed by atoms with Gasteiger partial charge in [0.05, 0.1) is 4.88 Å². The van der Waals surface area contributed by atoms with Crippen LogP contribution in [0.5, 0.6) is 0 Å². The molecule has 0 unspecified atom stereocenters. The molecule has 0 bridgehead atoms. The Balaban J connectivity index is 1.98. The fourth-order valence-electron chi connectivity index (χ4n) is 2.50. The van der Waals surface area contributed by atoms with Crippen molar-refractivity contribution in [1.29, 1.82) is 0 Å². The number of fused-ring (bicyclic) bond motifs is 1. The first kappa shape index (κ1) is 14.0. The summed E-state index contributed by atoms with van der Waals surface area (Å²) in [6.45, 7) is 4.38. The normalized spacial score (nSPS) is 17.9. The average molecular weight is 306 g/mol. The largest absolute Gasteiger partial charge is 0.352 e. The van der Waals surface area contributed by atoms with E-state index in [4.69, 9.17) is 0 Å². The molecule has 6 heteroatoms. The molecule has 0 atom stereocenters. The number of halogens is 1. The van der Waals surface area contributed by atoms with Crippen molar-refractivity contribution in [3.8, 4) is 0 Å². The van der Waals surface area contributed by atoms with Crippen LogP contribution in [0.2, 0.25) is 0 Å². The highest BCUT2D eigenvalue weighted by molar-refractivity contribution is 7.20. The summed E-state index contributed by atoms with van der Waals surface area (Å²) in [7, 11) is 0. The lowest BCUT2D eigenvalue weighted by Crippen LogP contribution is -2.63. The summed E-state index contributed by atoms with van der Waals surface area (Å²) in [5.41, 5.74) is -0.878. The predicted octanol–water partition coefficient (Wildman–Crippen LogP) is 2.39. The Hall–Kier alpha value is -1.95. The fraction of sp³-hybridized carbons (Fsp3) is 0.333. The van der Waals surface area contributed by atoms with Crippen molar-refractivity contribution in [3.63, 3.8) is 0 Å². The van der Waals surface area contributed by atoms with Crippen molar-refractivity contribution in [1.82, 2.24) is 10.2 Å². The van der Waals surface area contributed by atoms with E-state index in [0.717, 1.165) is 10.1 Å². The minimum Gasteiger partial charge on any atom is -0.352 e. The van der Waals surface area contributed by atoms with Gasteiger partial charge in [-0.2, -0.15) is 0 Å². The van der Waals surface area contributed by atoms with E-state index in [1.54, 1.807) is 30.9 Å². The van der Waals surface area contributed by atoms with Crippen LogP contribution in [-0.2, 0) is 4.79 Å². The van der Waals surface area contributed by atoms with Crippen LogP contribution in [0.3, 0.4) is 0 Å². The number of carbonyl (C=O) groups is 2. The molecule has 0 spiro atoms. The van der Waals surface area contributed by atoms with Crippen molar-refractivity contribution in [3.05, 3.63) is 35.0 Å². The summed E-state index contributed by atoms with van der Waals surface area (Å²) < 4.78 is 14.0. The van der Waals surface area contributed by atoms with Gasteiger partial charge in [-0.15, -0.1) is 11.3 Å². The summed E-state index contributed by atoms with van der Waals surface area (Å²) in [6.07, 6.45) is 0. The molecule has 21 heavy (non-hydrogen) atoms. The quantitative estimate of drug-likeness (QED) is 0.879. The van der Waals surface area contributed by atoms with Gasteiger partial charge in [0.1, 0.15) is 11.4 Å². The predicted molar refractivity (Wildman–Crippen MR) is 79.9 cm³/mol. The second-order valence-corrected chi connectivity index (χ2v) is 6.65. The number of nitrogens with one attached hydrogen (secondary N) is 1. The van der Waals surface area contributed by atoms with Crippen LogP contribution in [0.15, 0.2) is 24.3 Å². The van der Waals surface area contributed by atoms with Crippen molar-refractivity contribution in [2.75, 3.05) is 13.1 Å². The molecule has 1 aromatic heterocycles. The number of amides is 2. The highest BCUT2D eigenvalue weighted by Gasteiger charge is 2.41. The highest BCUT2D eigenvalue weighted by Crippen LogP contribution is 2.29. The van der Waals surface area contributed by atoms with Crippen molar-refractivity contribution >= 4 is 33.2 Å². The van der Waals surface area contributed by atoms with Gasteiger partial charge in [-0.25, -0.2) is 4.39 Å². The first-order valence-electron chi connectivity index (χ1n) is 6.69. The molecule has 1 saturated heterocycles. The monoisotopic (exact) mass is 306 g/mol. The summed E-state index contributed by atoms with van der Waals surface area (Å²) in [5, 5.41) is 3.60. The maximum Gasteiger partial charge on any atom is 0.264 e. The summed E-state index contributed by atoms with van der Waals surface area (Å²) in [4.78, 5) is 26.7. The van der Waals surface area contributed by atoms with E-state index in [1.807, 2.05) is 0 Å². The molecule has 2 heterocycles. The molecule has 0 radical (unpaired) electrons. The van der Waals surface area contributed by atoms with Crippen LogP contribution in [0, 0.1) is 5.82 Å². The van der Waals surface area contributed by atoms with Crippen LogP contribution in [-0.4, -0.2) is 35.3 Å². The fourth-order valence-corrected chi connectivity index (χ4v) is 3.54. The van der Waals surface area contributed by atoms with E-state index in [2.05, 4.69) is 5.32 Å². The molecule has 3 rings (SSSR count). The Morgan fingerprint density at radius 1 is 1.38 bits per heavy atom. The molecular formula is C15H15FN2O2S. The van der Waals surface area contributed by atoms with Crippen LogP contribution >= 0.6 is 11.3 Å². The SMILES string of the molecule is CC1(C)C(=O)NCCN1C(=O)c1cc2ccc(F)cc2s1. The number of thiophene rings is 1. The molecule has 110 valence electrons. The van der Waals surface area contributed by atoms with Gasteiger partial charge in [0.2, 0.25) is 5.91 Å². The van der Waals surface area contributed by atoms with Crippen LogP contribution in [0.25, 0.3) is 10.1 Å². The van der Waals surface area contributed by atoms with E-state index >= 15 is 0 Å². The zero-order valence-corrected chi connectivity index (χ0v) is 12.6. The van der Waals surface area contributed by atoms with Gasteiger partial charge in [-0.3, -0.25) is 9.59 Å². The summed E-state index contributed by atoms with van der Waals surface area (Å²) in [5.74, 6) is -0.660. The van der Waals surface area contributed by atoms with Crippen LogP contribution in [0.1, 0.15) is 23.5 Å². The highest BCUT2D eigenvalue weighted by atomic mass is 32.1. The summed E-state index contributed by atoms with van der Waals surface area (Å²) >= 11 is 1.25. The lowest BCUT2D eigenvalue weighted by Gasteiger charge is -2.40. The van der Waals surface area contributed by atoms with Gasteiger partial charge in [-0.05, 0) is 37.4 Å². The molecule has 1 N–H and O–H groups in total. The smallest absolute Gasteiger partial charge is 0.264 e. The van der Waals surface area contributed by atoms with Gasteiger partial charge < -0.3 is 10.2 Å². The van der Waals surface area contributed by atoms with Gasteiger partial charge >= 0.3 is 0 Å². The zero-order chi connectivity index (χ0) is 15.2. The van der Waals surface area contributed by atoms with Crippen molar-refractivity contribution in [2.24, 2.45) is 0 Å². The third-order valence-corrected chi connectivity index (χ3v) is 4.88. The Morgan fingerprint density at radius 2 is 2.14 bits per heavy atom. The van der Waals surface area contributed by atoms with Gasteiger partial charge in [-0.1, -0.05) is 6.07 Å². The average Bonchev–Trinajstić information content (AvgIpc) is 2.84. The van der Waals surface area contributed by atoms with Crippen LogP contribution < -0.4 is 5.32 Å². The molecule has 1 aliphatic rings. The lowest BCUT2D eigenvalue weighted by atomic mass is 9.98. The molecule has 0 aliphatic carbocycles. The molecule has 0 saturated carbocycles. The Bertz CT molecular complexity index is 738. The van der Waals surface area contributed by atoms with E-state index < -0.39 is 5.54 Å². The lowest BCUT2D eigenvalue weighted by molar-refractivity contribution is -0.133. The molecular weight excluding hydrogens is 291 g/mol. The molecule has 1 aromatic carbocycles. The minimum absolute atomic E-state index is 0.158. The van der Waals surface area contributed by atoms with E-state index in [-0.39, 0.29) is 17.6 Å². The van der Waals surface area contributed by atoms with Crippen molar-refractivity contribution < 1.29 is 14.0 Å². The number of hydrogen-bond donors (Lipinski definition) is 1. The summed E-state index contributed by atoms with van der Waals surface area (Å²) in [6, 6.07) is 6.21. The number of nitrogens with zero attached hydrogens (tertiary/aromatic N) is 1. The van der Waals surface area contributed by atoms with Crippen LogP contribution in [0.4, 0.5) is 4.39 Å². The van der Waals surface area contributed by atoms with E-state index in [0.29, 0.717) is 18.0 Å². The Labute approximate surface area is 125 Å². The number of piperazine rings is 1. The molecule has 1 aliphatic heterocycles. The molecule has 2 aromatic rings. The topological polar surface area (TPSA) is 49.4 Å². The van der Waals surface area contributed by atoms with E-state index in [9.17, 15) is 14.0 Å². The number of carbonyl (C=O) groups excluding carboxylic acids is 2. The van der Waals surface area contributed by atoms with E-state index in [1.165, 1.54) is 23.5 Å². The Morgan fingerprint density at radius 3 is 2.90 bits per heavy atom. The van der Waals surface area contributed by atoms with Crippen molar-refractivity contribution in [2.45, 2.75) is 19.4 Å². The number of hydrogen-bond acceptors (Lipinski definition) is 3. The minimum atomic E-state index is -0.878. The van der Waals surface area contributed by atoms with Gasteiger partial charge in [0.25, 0.3) is 5.91 Å². The standard InChI is InChI=1S/C15H15FN2O2S/c1-15(2)14(20)17-5-6-18(15)13(19)12-7-9-3-4-10(16)8-11(9)21-12/h3-4,7-8H,5-6H2,1-2H3,(H,17,20). The van der Waals surface area contributed by atoms with Gasteiger partial charge in [0.15, 0.2) is 0 Å². The Kier molecular flexibility index (Phi) is 3.20.